The molecule has 0 saturated carbocycles. The predicted octanol–water partition coefficient (Wildman–Crippen LogP) is 2.91. The number of fused-ring (bicyclic) bond motifs is 2. The molecule has 14 heteroatoms. The summed E-state index contributed by atoms with van der Waals surface area (Å²) in [5.74, 6) is -3.63. The first kappa shape index (κ1) is 29.0. The summed E-state index contributed by atoms with van der Waals surface area (Å²) in [6.07, 6.45) is -5.35. The van der Waals surface area contributed by atoms with Crippen LogP contribution in [-0.4, -0.2) is 64.3 Å². The number of nitrogens with zero attached hydrogens (tertiary/aromatic N) is 3. The van der Waals surface area contributed by atoms with Crippen LogP contribution in [0.1, 0.15) is 42.9 Å². The molecule has 2 N–H and O–H groups in total. The van der Waals surface area contributed by atoms with Crippen molar-refractivity contribution in [2.45, 2.75) is 63.0 Å². The van der Waals surface area contributed by atoms with E-state index in [9.17, 15) is 41.5 Å². The molecule has 2 aliphatic heterocycles. The molecule has 2 fully saturated rings. The Labute approximate surface area is 237 Å². The van der Waals surface area contributed by atoms with Gasteiger partial charge in [-0.2, -0.15) is 13.2 Å². The summed E-state index contributed by atoms with van der Waals surface area (Å²) in [4.78, 5) is 66.1. The van der Waals surface area contributed by atoms with E-state index in [1.807, 2.05) is 0 Å². The lowest BCUT2D eigenvalue weighted by Crippen LogP contribution is -2.51. The van der Waals surface area contributed by atoms with E-state index in [1.165, 1.54) is 29.2 Å². The van der Waals surface area contributed by atoms with Gasteiger partial charge < -0.3 is 15.4 Å². The van der Waals surface area contributed by atoms with Gasteiger partial charge in [0.1, 0.15) is 24.4 Å². The van der Waals surface area contributed by atoms with Gasteiger partial charge in [0.05, 0.1) is 0 Å². The molecule has 2 heterocycles. The third kappa shape index (κ3) is 4.94. The predicted molar refractivity (Wildman–Crippen MR) is 137 cm³/mol. The van der Waals surface area contributed by atoms with Crippen LogP contribution in [0.5, 0.6) is 0 Å². The minimum atomic E-state index is -4.82. The van der Waals surface area contributed by atoms with E-state index in [1.54, 1.807) is 6.07 Å². The molecular weight excluding hydrogens is 564 g/mol. The molecule has 2 aromatic rings. The van der Waals surface area contributed by atoms with Crippen molar-refractivity contribution in [3.05, 3.63) is 65.0 Å². The third-order valence-electron chi connectivity index (χ3n) is 7.98. The quantitative estimate of drug-likeness (QED) is 0.494. The van der Waals surface area contributed by atoms with Crippen molar-refractivity contribution >= 4 is 35.4 Å². The van der Waals surface area contributed by atoms with Gasteiger partial charge in [-0.25, -0.2) is 14.1 Å². The number of aryl methyl sites for hydroxylation is 1. The topological polar surface area (TPSA) is 130 Å². The van der Waals surface area contributed by atoms with Gasteiger partial charge in [0.25, 0.3) is 5.91 Å². The minimum absolute atomic E-state index is 0.00644. The molecule has 222 valence electrons. The fourth-order valence-electron chi connectivity index (χ4n) is 5.70. The Hall–Kier alpha value is -4.49. The van der Waals surface area contributed by atoms with E-state index in [0.717, 1.165) is 19.1 Å². The van der Waals surface area contributed by atoms with Crippen LogP contribution in [0.15, 0.2) is 42.5 Å². The monoisotopic (exact) mass is 590 g/mol. The van der Waals surface area contributed by atoms with Crippen molar-refractivity contribution in [2.75, 3.05) is 11.4 Å². The van der Waals surface area contributed by atoms with Gasteiger partial charge in [0, 0.05) is 30.6 Å². The Morgan fingerprint density at radius 3 is 2.45 bits per heavy atom. The van der Waals surface area contributed by atoms with Crippen LogP contribution in [0, 0.1) is 5.82 Å². The summed E-state index contributed by atoms with van der Waals surface area (Å²) in [5, 5.41) is 0. The highest BCUT2D eigenvalue weighted by atomic mass is 19.4. The highest BCUT2D eigenvalue weighted by Gasteiger charge is 2.59. The highest BCUT2D eigenvalue weighted by molar-refractivity contribution is 6.07. The van der Waals surface area contributed by atoms with E-state index < -0.39 is 66.6 Å². The fourth-order valence-corrected chi connectivity index (χ4v) is 5.70. The number of carbonyl (C=O) groups excluding carboxylic acids is 5. The number of ether oxygens (including phenoxy) is 1. The second-order valence-corrected chi connectivity index (χ2v) is 10.5. The number of nitrogens with two attached hydrogens (primary N) is 1. The molecular formula is C28H26F4N4O6. The number of hydrogen-bond donors (Lipinski definition) is 1. The second kappa shape index (κ2) is 10.4. The molecule has 5 amide bonds. The van der Waals surface area contributed by atoms with Crippen LogP contribution in [0.3, 0.4) is 0 Å². The Kier molecular flexibility index (Phi) is 7.19. The number of halogens is 4. The van der Waals surface area contributed by atoms with E-state index in [2.05, 4.69) is 0 Å². The van der Waals surface area contributed by atoms with Crippen molar-refractivity contribution in [3.63, 3.8) is 0 Å². The molecule has 3 aliphatic rings. The fraction of sp³-hybridized carbons (Fsp3) is 0.393. The van der Waals surface area contributed by atoms with E-state index >= 15 is 0 Å². The Morgan fingerprint density at radius 2 is 1.81 bits per heavy atom. The van der Waals surface area contributed by atoms with Gasteiger partial charge in [0.2, 0.25) is 23.3 Å². The SMILES string of the molecule is C[C@H](N(Cc1ccc(F)cc1)C(=O)CN1C(=O)O[C@@]2(CCc3cc(N4C(=O)CC[C@@H]4C(N)=O)ccc32)C1=O)C(F)(F)F. The zero-order chi connectivity index (χ0) is 30.6. The normalized spacial score (nSPS) is 22.5. The van der Waals surface area contributed by atoms with Crippen molar-refractivity contribution < 1.29 is 46.3 Å². The maximum absolute atomic E-state index is 13.7. The maximum atomic E-state index is 13.7. The van der Waals surface area contributed by atoms with Crippen LogP contribution >= 0.6 is 0 Å². The molecule has 0 unspecified atom stereocenters. The zero-order valence-electron chi connectivity index (χ0n) is 22.3. The second-order valence-electron chi connectivity index (χ2n) is 10.5. The third-order valence-corrected chi connectivity index (χ3v) is 7.98. The summed E-state index contributed by atoms with van der Waals surface area (Å²) in [6.45, 7) is -0.780. The summed E-state index contributed by atoms with van der Waals surface area (Å²) < 4.78 is 59.8. The number of anilines is 1. The van der Waals surface area contributed by atoms with Crippen LogP contribution in [-0.2, 0) is 42.5 Å². The molecule has 10 nitrogen and oxygen atoms in total. The molecule has 0 bridgehead atoms. The molecule has 5 rings (SSSR count). The zero-order valence-corrected chi connectivity index (χ0v) is 22.3. The van der Waals surface area contributed by atoms with E-state index in [0.29, 0.717) is 26.6 Å². The number of carbonyl (C=O) groups is 5. The van der Waals surface area contributed by atoms with Crippen LogP contribution in [0.4, 0.5) is 28.0 Å². The highest BCUT2D eigenvalue weighted by Crippen LogP contribution is 2.46. The number of alkyl halides is 3. The minimum Gasteiger partial charge on any atom is -0.427 e. The molecule has 0 aromatic heterocycles. The van der Waals surface area contributed by atoms with E-state index in [-0.39, 0.29) is 37.2 Å². The number of rotatable bonds is 7. The lowest BCUT2D eigenvalue weighted by Gasteiger charge is -2.31. The van der Waals surface area contributed by atoms with E-state index in [4.69, 9.17) is 10.5 Å². The van der Waals surface area contributed by atoms with Gasteiger partial charge in [-0.3, -0.25) is 24.1 Å². The number of imide groups is 1. The first-order valence-electron chi connectivity index (χ1n) is 13.1. The summed E-state index contributed by atoms with van der Waals surface area (Å²) >= 11 is 0. The number of hydrogen-bond acceptors (Lipinski definition) is 6. The lowest BCUT2D eigenvalue weighted by atomic mass is 9.94. The molecule has 42 heavy (non-hydrogen) atoms. The smallest absolute Gasteiger partial charge is 0.418 e. The van der Waals surface area contributed by atoms with Gasteiger partial charge in [-0.1, -0.05) is 18.2 Å². The van der Waals surface area contributed by atoms with Gasteiger partial charge in [0.15, 0.2) is 0 Å². The average molecular weight is 591 g/mol. The molecule has 3 atom stereocenters. The van der Waals surface area contributed by atoms with Crippen molar-refractivity contribution in [3.8, 4) is 0 Å². The standard InChI is InChI=1S/C28H26F4N4O6/c1-15(28(30,31)32)34(13-16-2-4-18(29)5-3-16)23(38)14-35-25(40)27(42-26(35)41)11-10-17-12-19(6-7-20(17)27)36-21(24(33)39)8-9-22(36)37/h2-7,12,15,21H,8-11,13-14H2,1H3,(H2,33,39)/t15-,21+,27+/m0/s1. The summed E-state index contributed by atoms with van der Waals surface area (Å²) in [5.41, 5.74) is 5.13. The molecule has 2 aromatic carbocycles. The van der Waals surface area contributed by atoms with Crippen molar-refractivity contribution in [1.82, 2.24) is 9.80 Å². The Morgan fingerprint density at radius 1 is 1.12 bits per heavy atom. The molecule has 2 saturated heterocycles. The van der Waals surface area contributed by atoms with Gasteiger partial charge in [-0.15, -0.1) is 0 Å². The Balaban J connectivity index is 1.38. The first-order valence-corrected chi connectivity index (χ1v) is 13.1. The molecule has 1 spiro atoms. The van der Waals surface area contributed by atoms with Gasteiger partial charge in [-0.05, 0) is 55.2 Å². The van der Waals surface area contributed by atoms with Crippen molar-refractivity contribution in [2.24, 2.45) is 5.73 Å². The largest absolute Gasteiger partial charge is 0.427 e. The lowest BCUT2D eigenvalue weighted by molar-refractivity contribution is -0.187. The maximum Gasteiger partial charge on any atom is 0.418 e. The van der Waals surface area contributed by atoms with Crippen molar-refractivity contribution in [1.29, 1.82) is 0 Å². The van der Waals surface area contributed by atoms with Gasteiger partial charge >= 0.3 is 12.3 Å². The summed E-state index contributed by atoms with van der Waals surface area (Å²) in [7, 11) is 0. The van der Waals surface area contributed by atoms with Crippen LogP contribution in [0.25, 0.3) is 0 Å². The number of benzene rings is 2. The number of amides is 5. The summed E-state index contributed by atoms with van der Waals surface area (Å²) in [6, 6.07) is 6.03. The number of primary amides is 1. The van der Waals surface area contributed by atoms with Crippen LogP contribution < -0.4 is 10.6 Å². The molecule has 1 aliphatic carbocycles. The van der Waals surface area contributed by atoms with Crippen LogP contribution in [0.2, 0.25) is 0 Å². The molecule has 0 radical (unpaired) electrons. The Bertz CT molecular complexity index is 1480. The first-order chi connectivity index (χ1) is 19.7. The average Bonchev–Trinajstić information content (AvgIpc) is 3.57.